The number of hydrogen-bond acceptors (Lipinski definition) is 3. The van der Waals surface area contributed by atoms with Crippen molar-refractivity contribution in [3.05, 3.63) is 22.4 Å². The van der Waals surface area contributed by atoms with Gasteiger partial charge in [-0.3, -0.25) is 4.99 Å². The summed E-state index contributed by atoms with van der Waals surface area (Å²) in [5, 5.41) is 8.82. The highest BCUT2D eigenvalue weighted by Crippen LogP contribution is 2.19. The molecule has 0 spiro atoms. The summed E-state index contributed by atoms with van der Waals surface area (Å²) in [5.74, 6) is 1.37. The van der Waals surface area contributed by atoms with E-state index in [-0.39, 0.29) is 24.0 Å². The highest BCUT2D eigenvalue weighted by atomic mass is 127. The Morgan fingerprint density at radius 1 is 1.32 bits per heavy atom. The van der Waals surface area contributed by atoms with E-state index in [1.165, 1.54) is 11.3 Å². The molecule has 0 fully saturated rings. The fourth-order valence-corrected chi connectivity index (χ4v) is 2.66. The van der Waals surface area contributed by atoms with Gasteiger partial charge < -0.3 is 15.4 Å². The zero-order valence-corrected chi connectivity index (χ0v) is 17.1. The van der Waals surface area contributed by atoms with Gasteiger partial charge in [0.2, 0.25) is 0 Å². The molecule has 22 heavy (non-hydrogen) atoms. The minimum atomic E-state index is 0. The first-order valence-electron chi connectivity index (χ1n) is 7.83. The van der Waals surface area contributed by atoms with Crippen LogP contribution in [0.15, 0.2) is 22.5 Å². The lowest BCUT2D eigenvalue weighted by Gasteiger charge is -2.15. The van der Waals surface area contributed by atoms with Crippen molar-refractivity contribution in [1.29, 1.82) is 0 Å². The molecular weight excluding hydrogens is 409 g/mol. The normalized spacial score (nSPS) is 12.6. The predicted molar refractivity (Wildman–Crippen MR) is 108 cm³/mol. The Labute approximate surface area is 156 Å². The van der Waals surface area contributed by atoms with E-state index in [0.29, 0.717) is 5.92 Å². The molecule has 0 aliphatic carbocycles. The topological polar surface area (TPSA) is 45.6 Å². The fourth-order valence-electron chi connectivity index (χ4n) is 1.87. The van der Waals surface area contributed by atoms with E-state index >= 15 is 0 Å². The molecule has 1 aromatic heterocycles. The van der Waals surface area contributed by atoms with Crippen LogP contribution in [0.3, 0.4) is 0 Å². The second kappa shape index (κ2) is 14.3. The number of nitrogens with zero attached hydrogens (tertiary/aromatic N) is 1. The smallest absolute Gasteiger partial charge is 0.190 e. The Hall–Kier alpha value is -0.340. The van der Waals surface area contributed by atoms with Gasteiger partial charge in [-0.2, -0.15) is 0 Å². The molecule has 0 aliphatic rings. The highest BCUT2D eigenvalue weighted by Gasteiger charge is 2.07. The minimum absolute atomic E-state index is 0. The molecule has 1 rings (SSSR count). The number of unbranched alkanes of at least 4 members (excludes halogenated alkanes) is 1. The van der Waals surface area contributed by atoms with Crippen molar-refractivity contribution >= 4 is 41.3 Å². The van der Waals surface area contributed by atoms with Gasteiger partial charge in [-0.25, -0.2) is 0 Å². The monoisotopic (exact) mass is 439 g/mol. The van der Waals surface area contributed by atoms with Gasteiger partial charge in [0.25, 0.3) is 0 Å². The molecule has 0 saturated carbocycles. The summed E-state index contributed by atoms with van der Waals surface area (Å²) in [6.07, 6.45) is 3.35. The SMILES string of the molecule is CCCCOCCCNC(=NC)NCC(C)c1cccs1.I. The van der Waals surface area contributed by atoms with Crippen molar-refractivity contribution in [1.82, 2.24) is 10.6 Å². The summed E-state index contributed by atoms with van der Waals surface area (Å²) < 4.78 is 5.54. The number of aliphatic imine (C=N–C) groups is 1. The lowest BCUT2D eigenvalue weighted by Crippen LogP contribution is -2.39. The maximum Gasteiger partial charge on any atom is 0.190 e. The van der Waals surface area contributed by atoms with Crippen molar-refractivity contribution in [3.63, 3.8) is 0 Å². The van der Waals surface area contributed by atoms with Crippen molar-refractivity contribution < 1.29 is 4.74 Å². The molecule has 1 aromatic rings. The Morgan fingerprint density at radius 3 is 2.73 bits per heavy atom. The van der Waals surface area contributed by atoms with E-state index in [4.69, 9.17) is 4.74 Å². The lowest BCUT2D eigenvalue weighted by atomic mass is 10.1. The van der Waals surface area contributed by atoms with Crippen LogP contribution in [-0.4, -0.2) is 39.3 Å². The molecule has 1 heterocycles. The number of nitrogens with one attached hydrogen (secondary N) is 2. The molecule has 6 heteroatoms. The van der Waals surface area contributed by atoms with E-state index in [2.05, 4.69) is 47.0 Å². The standard InChI is InChI=1S/C16H29N3OS.HI/c1-4-5-10-20-11-7-9-18-16(17-3)19-13-14(2)15-8-6-12-21-15;/h6,8,12,14H,4-5,7,9-11,13H2,1-3H3,(H2,17,18,19);1H. The molecule has 0 aliphatic heterocycles. The Morgan fingerprint density at radius 2 is 2.09 bits per heavy atom. The van der Waals surface area contributed by atoms with Gasteiger partial charge >= 0.3 is 0 Å². The minimum Gasteiger partial charge on any atom is -0.381 e. The number of hydrogen-bond donors (Lipinski definition) is 2. The van der Waals surface area contributed by atoms with Gasteiger partial charge in [0, 0.05) is 44.1 Å². The third kappa shape index (κ3) is 9.63. The van der Waals surface area contributed by atoms with Gasteiger partial charge in [-0.1, -0.05) is 26.3 Å². The van der Waals surface area contributed by atoms with Crippen LogP contribution >= 0.6 is 35.3 Å². The van der Waals surface area contributed by atoms with Crippen LogP contribution in [-0.2, 0) is 4.74 Å². The summed E-state index contributed by atoms with van der Waals surface area (Å²) in [7, 11) is 1.81. The molecule has 0 radical (unpaired) electrons. The van der Waals surface area contributed by atoms with E-state index in [9.17, 15) is 0 Å². The number of thiophene rings is 1. The van der Waals surface area contributed by atoms with Crippen LogP contribution in [0.1, 0.15) is 43.9 Å². The van der Waals surface area contributed by atoms with Crippen molar-refractivity contribution in [2.75, 3.05) is 33.4 Å². The number of ether oxygens (including phenoxy) is 1. The summed E-state index contributed by atoms with van der Waals surface area (Å²) >= 11 is 1.80. The van der Waals surface area contributed by atoms with Crippen LogP contribution in [0, 0.1) is 0 Å². The third-order valence-electron chi connectivity index (χ3n) is 3.23. The summed E-state index contributed by atoms with van der Waals surface area (Å²) in [6, 6.07) is 4.28. The largest absolute Gasteiger partial charge is 0.381 e. The van der Waals surface area contributed by atoms with E-state index in [0.717, 1.165) is 45.1 Å². The van der Waals surface area contributed by atoms with Crippen molar-refractivity contribution in [2.24, 2.45) is 4.99 Å². The Balaban J connectivity index is 0.00000441. The van der Waals surface area contributed by atoms with Gasteiger partial charge in [0.15, 0.2) is 5.96 Å². The molecule has 2 N–H and O–H groups in total. The summed E-state index contributed by atoms with van der Waals surface area (Å²) in [4.78, 5) is 5.65. The van der Waals surface area contributed by atoms with Crippen molar-refractivity contribution in [3.8, 4) is 0 Å². The van der Waals surface area contributed by atoms with Gasteiger partial charge in [-0.05, 0) is 24.3 Å². The highest BCUT2D eigenvalue weighted by molar-refractivity contribution is 14.0. The quantitative estimate of drug-likeness (QED) is 0.252. The molecule has 0 bridgehead atoms. The Kier molecular flexibility index (Phi) is 14.0. The first-order chi connectivity index (χ1) is 10.3. The second-order valence-electron chi connectivity index (χ2n) is 5.12. The Bertz CT molecular complexity index is 385. The predicted octanol–water partition coefficient (Wildman–Crippen LogP) is 3.84. The lowest BCUT2D eigenvalue weighted by molar-refractivity contribution is 0.129. The first kappa shape index (κ1) is 21.7. The molecule has 0 saturated heterocycles. The summed E-state index contributed by atoms with van der Waals surface area (Å²) in [6.45, 7) is 7.88. The maximum absolute atomic E-state index is 5.54. The number of rotatable bonds is 10. The van der Waals surface area contributed by atoms with Crippen LogP contribution in [0.4, 0.5) is 0 Å². The van der Waals surface area contributed by atoms with Crippen molar-refractivity contribution in [2.45, 2.75) is 39.0 Å². The summed E-state index contributed by atoms with van der Waals surface area (Å²) in [5.41, 5.74) is 0. The van der Waals surface area contributed by atoms with Gasteiger partial charge in [-0.15, -0.1) is 35.3 Å². The molecular formula is C16H30IN3OS. The zero-order chi connectivity index (χ0) is 15.3. The molecule has 0 aromatic carbocycles. The average molecular weight is 439 g/mol. The zero-order valence-electron chi connectivity index (χ0n) is 13.9. The number of halogens is 1. The van der Waals surface area contributed by atoms with E-state index in [1.807, 2.05) is 7.05 Å². The van der Waals surface area contributed by atoms with Crippen LogP contribution in [0.25, 0.3) is 0 Å². The molecule has 0 amide bonds. The molecule has 4 nitrogen and oxygen atoms in total. The van der Waals surface area contributed by atoms with Crippen LogP contribution in [0.5, 0.6) is 0 Å². The molecule has 128 valence electrons. The van der Waals surface area contributed by atoms with E-state index in [1.54, 1.807) is 11.3 Å². The second-order valence-corrected chi connectivity index (χ2v) is 6.10. The van der Waals surface area contributed by atoms with Gasteiger partial charge in [0.05, 0.1) is 0 Å². The first-order valence-corrected chi connectivity index (χ1v) is 8.71. The third-order valence-corrected chi connectivity index (χ3v) is 4.33. The average Bonchev–Trinajstić information content (AvgIpc) is 3.03. The van der Waals surface area contributed by atoms with Crippen LogP contribution in [0.2, 0.25) is 0 Å². The van der Waals surface area contributed by atoms with Crippen LogP contribution < -0.4 is 10.6 Å². The number of guanidine groups is 1. The van der Waals surface area contributed by atoms with Gasteiger partial charge in [0.1, 0.15) is 0 Å². The van der Waals surface area contributed by atoms with E-state index < -0.39 is 0 Å². The molecule has 1 unspecified atom stereocenters. The fraction of sp³-hybridized carbons (Fsp3) is 0.688. The maximum atomic E-state index is 5.54. The molecule has 1 atom stereocenters.